The minimum atomic E-state index is -1.14. The number of rotatable bonds is 5. The maximum Gasteiger partial charge on any atom is 0.317 e. The summed E-state index contributed by atoms with van der Waals surface area (Å²) in [5, 5.41) is 18.5. The van der Waals surface area contributed by atoms with Crippen molar-refractivity contribution >= 4 is 45.3 Å². The van der Waals surface area contributed by atoms with Gasteiger partial charge in [-0.2, -0.15) is 0 Å². The van der Waals surface area contributed by atoms with Gasteiger partial charge in [-0.05, 0) is 31.2 Å². The molecule has 116 valence electrons. The zero-order chi connectivity index (χ0) is 15.7. The van der Waals surface area contributed by atoms with Gasteiger partial charge in [0.15, 0.2) is 0 Å². The highest BCUT2D eigenvalue weighted by Gasteiger charge is 2.26. The van der Waals surface area contributed by atoms with Crippen molar-refractivity contribution in [2.75, 3.05) is 0 Å². The first kappa shape index (κ1) is 15.2. The van der Waals surface area contributed by atoms with Gasteiger partial charge in [0.2, 0.25) is 0 Å². The lowest BCUT2D eigenvalue weighted by Gasteiger charge is -2.13. The van der Waals surface area contributed by atoms with Crippen molar-refractivity contribution in [3.05, 3.63) is 16.8 Å². The molecule has 0 amide bonds. The normalized spacial score (nSPS) is 15.5. The van der Waals surface area contributed by atoms with Crippen molar-refractivity contribution in [1.82, 2.24) is 9.97 Å². The average Bonchev–Trinajstić information content (AvgIpc) is 2.85. The third-order valence-corrected chi connectivity index (χ3v) is 5.99. The van der Waals surface area contributed by atoms with Crippen LogP contribution in [0.5, 0.6) is 0 Å². The molecule has 0 fully saturated rings. The van der Waals surface area contributed by atoms with Crippen LogP contribution in [0.25, 0.3) is 10.2 Å². The number of carboxylic acids is 2. The second kappa shape index (κ2) is 6.21. The first-order valence-electron chi connectivity index (χ1n) is 6.92. The zero-order valence-electron chi connectivity index (χ0n) is 11.6. The number of hydrogen-bond acceptors (Lipinski definition) is 6. The van der Waals surface area contributed by atoms with Crippen molar-refractivity contribution in [1.29, 1.82) is 0 Å². The van der Waals surface area contributed by atoms with Gasteiger partial charge in [-0.3, -0.25) is 9.59 Å². The quantitative estimate of drug-likeness (QED) is 0.638. The van der Waals surface area contributed by atoms with E-state index in [0.29, 0.717) is 5.03 Å². The molecule has 1 aliphatic rings. The highest BCUT2D eigenvalue weighted by molar-refractivity contribution is 8.00. The van der Waals surface area contributed by atoms with E-state index in [-0.39, 0.29) is 0 Å². The van der Waals surface area contributed by atoms with Crippen LogP contribution in [-0.4, -0.2) is 37.4 Å². The summed E-state index contributed by atoms with van der Waals surface area (Å²) < 4.78 is 0. The summed E-state index contributed by atoms with van der Waals surface area (Å²) in [6, 6.07) is 0. The van der Waals surface area contributed by atoms with Crippen molar-refractivity contribution in [3.63, 3.8) is 0 Å². The van der Waals surface area contributed by atoms with Gasteiger partial charge < -0.3 is 10.2 Å². The van der Waals surface area contributed by atoms with E-state index in [0.717, 1.165) is 47.7 Å². The molecule has 3 rings (SSSR count). The van der Waals surface area contributed by atoms with E-state index in [4.69, 9.17) is 5.11 Å². The number of aryl methyl sites for hydroxylation is 2. The van der Waals surface area contributed by atoms with E-state index in [9.17, 15) is 14.7 Å². The Morgan fingerprint density at radius 2 is 2.05 bits per heavy atom. The lowest BCUT2D eigenvalue weighted by atomic mass is 9.97. The number of thioether (sulfide) groups is 1. The predicted octanol–water partition coefficient (Wildman–Crippen LogP) is 2.59. The predicted molar refractivity (Wildman–Crippen MR) is 83.6 cm³/mol. The Hall–Kier alpha value is -1.67. The number of hydrogen-bond donors (Lipinski definition) is 2. The molecule has 1 aliphatic carbocycles. The molecule has 0 bridgehead atoms. The van der Waals surface area contributed by atoms with Crippen LogP contribution in [0.1, 0.15) is 29.7 Å². The van der Waals surface area contributed by atoms with Crippen LogP contribution >= 0.6 is 23.1 Å². The summed E-state index contributed by atoms with van der Waals surface area (Å²) in [5.41, 5.74) is 1.22. The Balaban J connectivity index is 2.01. The highest BCUT2D eigenvalue weighted by atomic mass is 32.2. The average molecular weight is 338 g/mol. The lowest BCUT2D eigenvalue weighted by Crippen LogP contribution is -2.20. The number of aliphatic carboxylic acids is 2. The van der Waals surface area contributed by atoms with Crippen LogP contribution in [0, 0.1) is 0 Å². The van der Waals surface area contributed by atoms with Gasteiger partial charge in [0.05, 0.1) is 6.42 Å². The molecule has 2 aromatic rings. The molecule has 6 nitrogen and oxygen atoms in total. The summed E-state index contributed by atoms with van der Waals surface area (Å²) in [5.74, 6) is -2.26. The number of carbonyl (C=O) groups is 2. The fourth-order valence-corrected chi connectivity index (χ4v) is 4.96. The van der Waals surface area contributed by atoms with Crippen LogP contribution in [-0.2, 0) is 22.4 Å². The first-order chi connectivity index (χ1) is 10.6. The molecule has 2 N–H and O–H groups in total. The SMILES string of the molecule is O=C(O)CC(Sc1ncnc2sc3c(c12)CCCC3)C(=O)O. The summed E-state index contributed by atoms with van der Waals surface area (Å²) >= 11 is 2.64. The summed E-state index contributed by atoms with van der Waals surface area (Å²) in [6.07, 6.45) is 5.23. The van der Waals surface area contributed by atoms with Crippen LogP contribution in [0.15, 0.2) is 11.4 Å². The Labute approximate surface area is 134 Å². The topological polar surface area (TPSA) is 100 Å². The summed E-state index contributed by atoms with van der Waals surface area (Å²) in [7, 11) is 0. The van der Waals surface area contributed by atoms with Gasteiger partial charge in [0.1, 0.15) is 21.4 Å². The van der Waals surface area contributed by atoms with Crippen molar-refractivity contribution < 1.29 is 19.8 Å². The third kappa shape index (κ3) is 2.93. The smallest absolute Gasteiger partial charge is 0.317 e. The minimum absolute atomic E-state index is 0.433. The number of fused-ring (bicyclic) bond motifs is 3. The summed E-state index contributed by atoms with van der Waals surface area (Å²) in [4.78, 5) is 32.8. The molecule has 0 aromatic carbocycles. The maximum atomic E-state index is 11.3. The monoisotopic (exact) mass is 338 g/mol. The largest absolute Gasteiger partial charge is 0.481 e. The van der Waals surface area contributed by atoms with Gasteiger partial charge in [-0.15, -0.1) is 11.3 Å². The van der Waals surface area contributed by atoms with E-state index in [1.165, 1.54) is 16.8 Å². The van der Waals surface area contributed by atoms with Gasteiger partial charge in [0.25, 0.3) is 0 Å². The summed E-state index contributed by atoms with van der Waals surface area (Å²) in [6.45, 7) is 0. The highest BCUT2D eigenvalue weighted by Crippen LogP contribution is 2.40. The van der Waals surface area contributed by atoms with Gasteiger partial charge in [0, 0.05) is 10.3 Å². The van der Waals surface area contributed by atoms with Crippen LogP contribution in [0.2, 0.25) is 0 Å². The van der Waals surface area contributed by atoms with E-state index in [1.54, 1.807) is 11.3 Å². The standard InChI is InChI=1S/C14H14N2O4S2/c17-10(18)5-9(14(19)20)22-13-11-7-3-1-2-4-8(7)21-12(11)15-6-16-13/h6,9H,1-5H2,(H,17,18)(H,19,20). The second-order valence-electron chi connectivity index (χ2n) is 5.11. The lowest BCUT2D eigenvalue weighted by molar-refractivity contribution is -0.142. The van der Waals surface area contributed by atoms with E-state index in [2.05, 4.69) is 9.97 Å². The van der Waals surface area contributed by atoms with Gasteiger partial charge in [-0.1, -0.05) is 11.8 Å². The minimum Gasteiger partial charge on any atom is -0.481 e. The molecule has 0 radical (unpaired) electrons. The van der Waals surface area contributed by atoms with E-state index < -0.39 is 23.6 Å². The molecule has 1 atom stereocenters. The maximum absolute atomic E-state index is 11.3. The molecule has 22 heavy (non-hydrogen) atoms. The van der Waals surface area contributed by atoms with Crippen molar-refractivity contribution in [2.24, 2.45) is 0 Å². The molecule has 8 heteroatoms. The van der Waals surface area contributed by atoms with Crippen LogP contribution < -0.4 is 0 Å². The Morgan fingerprint density at radius 1 is 1.27 bits per heavy atom. The Morgan fingerprint density at radius 3 is 2.77 bits per heavy atom. The number of thiophene rings is 1. The van der Waals surface area contributed by atoms with E-state index >= 15 is 0 Å². The number of nitrogens with zero attached hydrogens (tertiary/aromatic N) is 2. The molecule has 1 unspecified atom stereocenters. The van der Waals surface area contributed by atoms with E-state index in [1.807, 2.05) is 0 Å². The van der Waals surface area contributed by atoms with Gasteiger partial charge in [-0.25, -0.2) is 9.97 Å². The van der Waals surface area contributed by atoms with Gasteiger partial charge >= 0.3 is 11.9 Å². The molecule has 0 aliphatic heterocycles. The molecule has 2 aromatic heterocycles. The van der Waals surface area contributed by atoms with Crippen LogP contribution in [0.4, 0.5) is 0 Å². The molecular weight excluding hydrogens is 324 g/mol. The molecular formula is C14H14N2O4S2. The van der Waals surface area contributed by atoms with Crippen LogP contribution in [0.3, 0.4) is 0 Å². The fourth-order valence-electron chi connectivity index (χ4n) is 2.62. The van der Waals surface area contributed by atoms with Crippen molar-refractivity contribution in [2.45, 2.75) is 42.4 Å². The Bertz CT molecular complexity index is 744. The molecule has 0 spiro atoms. The molecule has 0 saturated heterocycles. The third-order valence-electron chi connectivity index (χ3n) is 3.61. The zero-order valence-corrected chi connectivity index (χ0v) is 13.2. The Kier molecular flexibility index (Phi) is 4.30. The first-order valence-corrected chi connectivity index (χ1v) is 8.62. The number of carboxylic acid groups (broad SMARTS) is 2. The molecule has 0 saturated carbocycles. The molecule has 2 heterocycles. The second-order valence-corrected chi connectivity index (χ2v) is 7.39. The van der Waals surface area contributed by atoms with Crippen molar-refractivity contribution in [3.8, 4) is 0 Å². The fraction of sp³-hybridized carbons (Fsp3) is 0.429. The number of aromatic nitrogens is 2.